The molecule has 1 amide bonds. The number of hydrogen-bond donors (Lipinski definition) is 2. The summed E-state index contributed by atoms with van der Waals surface area (Å²) in [7, 11) is 0. The maximum absolute atomic E-state index is 11.7. The first-order valence-corrected chi connectivity index (χ1v) is 7.05. The van der Waals surface area contributed by atoms with Crippen LogP contribution in [0, 0.1) is 11.8 Å². The third-order valence-corrected chi connectivity index (χ3v) is 4.14. The topological polar surface area (TPSA) is 66.4 Å². The van der Waals surface area contributed by atoms with Crippen molar-refractivity contribution in [1.29, 1.82) is 0 Å². The van der Waals surface area contributed by atoms with Crippen LogP contribution < -0.4 is 5.32 Å². The molecular formula is C14H25NO3. The Labute approximate surface area is 109 Å². The molecule has 4 nitrogen and oxygen atoms in total. The molecule has 4 heteroatoms. The van der Waals surface area contributed by atoms with E-state index in [4.69, 9.17) is 5.11 Å². The molecule has 0 aromatic heterocycles. The maximum Gasteiger partial charge on any atom is 0.303 e. The van der Waals surface area contributed by atoms with Crippen molar-refractivity contribution >= 4 is 11.9 Å². The molecule has 18 heavy (non-hydrogen) atoms. The maximum atomic E-state index is 11.7. The summed E-state index contributed by atoms with van der Waals surface area (Å²) < 4.78 is 0. The lowest BCUT2D eigenvalue weighted by molar-refractivity contribution is -0.137. The smallest absolute Gasteiger partial charge is 0.303 e. The number of amides is 1. The third kappa shape index (κ3) is 4.67. The fourth-order valence-corrected chi connectivity index (χ4v) is 2.87. The summed E-state index contributed by atoms with van der Waals surface area (Å²) in [4.78, 5) is 22.1. The Morgan fingerprint density at radius 1 is 1.22 bits per heavy atom. The first-order chi connectivity index (χ1) is 8.54. The Balaban J connectivity index is 2.18. The van der Waals surface area contributed by atoms with Crippen molar-refractivity contribution in [1.82, 2.24) is 5.32 Å². The SMILES string of the molecule is CCC1CCC(NC(=O)CCCCC(=O)O)C1C. The van der Waals surface area contributed by atoms with E-state index in [1.807, 2.05) is 0 Å². The summed E-state index contributed by atoms with van der Waals surface area (Å²) in [6, 6.07) is 0.321. The van der Waals surface area contributed by atoms with Gasteiger partial charge in [-0.15, -0.1) is 0 Å². The van der Waals surface area contributed by atoms with Gasteiger partial charge in [-0.2, -0.15) is 0 Å². The number of carbonyl (C=O) groups is 2. The summed E-state index contributed by atoms with van der Waals surface area (Å²) in [6.07, 6.45) is 5.34. The fraction of sp³-hybridized carbons (Fsp3) is 0.857. The van der Waals surface area contributed by atoms with Gasteiger partial charge >= 0.3 is 5.97 Å². The molecule has 0 aliphatic heterocycles. The lowest BCUT2D eigenvalue weighted by Gasteiger charge is -2.20. The van der Waals surface area contributed by atoms with Gasteiger partial charge < -0.3 is 10.4 Å². The second-order valence-electron chi connectivity index (χ2n) is 5.38. The van der Waals surface area contributed by atoms with Crippen molar-refractivity contribution in [3.8, 4) is 0 Å². The van der Waals surface area contributed by atoms with Crippen molar-refractivity contribution < 1.29 is 14.7 Å². The molecule has 2 N–H and O–H groups in total. The van der Waals surface area contributed by atoms with E-state index in [1.54, 1.807) is 0 Å². The van der Waals surface area contributed by atoms with Gasteiger partial charge in [0.25, 0.3) is 0 Å². The van der Waals surface area contributed by atoms with E-state index < -0.39 is 5.97 Å². The summed E-state index contributed by atoms with van der Waals surface area (Å²) >= 11 is 0. The highest BCUT2D eigenvalue weighted by molar-refractivity contribution is 5.76. The van der Waals surface area contributed by atoms with Gasteiger partial charge in [0.15, 0.2) is 0 Å². The quantitative estimate of drug-likeness (QED) is 0.687. The van der Waals surface area contributed by atoms with Crippen LogP contribution in [0.2, 0.25) is 0 Å². The van der Waals surface area contributed by atoms with Crippen LogP contribution in [0.15, 0.2) is 0 Å². The molecule has 0 aromatic carbocycles. The summed E-state index contributed by atoms with van der Waals surface area (Å²) in [5.41, 5.74) is 0. The van der Waals surface area contributed by atoms with Crippen LogP contribution in [0.1, 0.15) is 58.8 Å². The number of carboxylic acids is 1. The molecule has 0 radical (unpaired) electrons. The molecule has 1 saturated carbocycles. The Hall–Kier alpha value is -1.06. The molecule has 3 atom stereocenters. The Bertz CT molecular complexity index is 291. The van der Waals surface area contributed by atoms with E-state index in [0.717, 1.165) is 12.3 Å². The fourth-order valence-electron chi connectivity index (χ4n) is 2.87. The second kappa shape index (κ2) is 7.39. The van der Waals surface area contributed by atoms with Gasteiger partial charge in [0.05, 0.1) is 0 Å². The molecule has 0 bridgehead atoms. The summed E-state index contributed by atoms with van der Waals surface area (Å²) in [6.45, 7) is 4.42. The van der Waals surface area contributed by atoms with Crippen LogP contribution in [0.3, 0.4) is 0 Å². The summed E-state index contributed by atoms with van der Waals surface area (Å²) in [5.74, 6) is 0.597. The number of unbranched alkanes of at least 4 members (excludes halogenated alkanes) is 1. The molecule has 1 rings (SSSR count). The number of rotatable bonds is 7. The van der Waals surface area contributed by atoms with Crippen molar-refractivity contribution in [3.63, 3.8) is 0 Å². The first kappa shape index (κ1) is 15.0. The Kier molecular flexibility index (Phi) is 6.16. The van der Waals surface area contributed by atoms with Gasteiger partial charge in [-0.25, -0.2) is 0 Å². The van der Waals surface area contributed by atoms with Gasteiger partial charge in [0, 0.05) is 18.9 Å². The highest BCUT2D eigenvalue weighted by Crippen LogP contribution is 2.33. The van der Waals surface area contributed by atoms with Crippen molar-refractivity contribution in [2.24, 2.45) is 11.8 Å². The minimum atomic E-state index is -0.786. The number of carboxylic acid groups (broad SMARTS) is 1. The monoisotopic (exact) mass is 255 g/mol. The molecule has 0 aromatic rings. The molecule has 1 fully saturated rings. The zero-order valence-corrected chi connectivity index (χ0v) is 11.4. The predicted molar refractivity (Wildman–Crippen MR) is 70.2 cm³/mol. The number of hydrogen-bond acceptors (Lipinski definition) is 2. The minimum Gasteiger partial charge on any atom is -0.481 e. The lowest BCUT2D eigenvalue weighted by atomic mass is 9.93. The lowest BCUT2D eigenvalue weighted by Crippen LogP contribution is -2.37. The van der Waals surface area contributed by atoms with Crippen molar-refractivity contribution in [2.45, 2.75) is 64.8 Å². The molecule has 104 valence electrons. The van der Waals surface area contributed by atoms with E-state index in [-0.39, 0.29) is 12.3 Å². The van der Waals surface area contributed by atoms with Crippen molar-refractivity contribution in [3.05, 3.63) is 0 Å². The second-order valence-corrected chi connectivity index (χ2v) is 5.38. The van der Waals surface area contributed by atoms with Crippen LogP contribution in [0.5, 0.6) is 0 Å². The van der Waals surface area contributed by atoms with Gasteiger partial charge in [-0.3, -0.25) is 9.59 Å². The normalized spacial score (nSPS) is 27.1. The molecule has 0 spiro atoms. The molecule has 3 unspecified atom stereocenters. The molecule has 1 aliphatic rings. The molecular weight excluding hydrogens is 230 g/mol. The third-order valence-electron chi connectivity index (χ3n) is 4.14. The van der Waals surface area contributed by atoms with Gasteiger partial charge in [0.1, 0.15) is 0 Å². The van der Waals surface area contributed by atoms with Gasteiger partial charge in [-0.05, 0) is 37.5 Å². The average molecular weight is 255 g/mol. The first-order valence-electron chi connectivity index (χ1n) is 7.05. The van der Waals surface area contributed by atoms with Crippen LogP contribution in [-0.4, -0.2) is 23.0 Å². The van der Waals surface area contributed by atoms with E-state index in [9.17, 15) is 9.59 Å². The molecule has 1 aliphatic carbocycles. The average Bonchev–Trinajstić information content (AvgIpc) is 2.66. The highest BCUT2D eigenvalue weighted by Gasteiger charge is 2.32. The van der Waals surface area contributed by atoms with Crippen molar-refractivity contribution in [2.75, 3.05) is 0 Å². The Morgan fingerprint density at radius 2 is 1.89 bits per heavy atom. The Morgan fingerprint density at radius 3 is 2.44 bits per heavy atom. The number of carbonyl (C=O) groups excluding carboxylic acids is 1. The van der Waals surface area contributed by atoms with Crippen LogP contribution in [0.25, 0.3) is 0 Å². The largest absolute Gasteiger partial charge is 0.481 e. The predicted octanol–water partition coefficient (Wildman–Crippen LogP) is 2.57. The summed E-state index contributed by atoms with van der Waals surface area (Å²) in [5, 5.41) is 11.6. The van der Waals surface area contributed by atoms with Crippen LogP contribution >= 0.6 is 0 Å². The van der Waals surface area contributed by atoms with Gasteiger partial charge in [-0.1, -0.05) is 20.3 Å². The van der Waals surface area contributed by atoms with Gasteiger partial charge in [0.2, 0.25) is 5.91 Å². The van der Waals surface area contributed by atoms with E-state index >= 15 is 0 Å². The zero-order chi connectivity index (χ0) is 13.5. The number of nitrogens with one attached hydrogen (secondary N) is 1. The molecule has 0 saturated heterocycles. The van der Waals surface area contributed by atoms with E-state index in [0.29, 0.717) is 31.2 Å². The van der Waals surface area contributed by atoms with E-state index in [1.165, 1.54) is 12.8 Å². The van der Waals surface area contributed by atoms with Crippen LogP contribution in [-0.2, 0) is 9.59 Å². The number of aliphatic carboxylic acids is 1. The highest BCUT2D eigenvalue weighted by atomic mass is 16.4. The standard InChI is InChI=1S/C14H25NO3/c1-3-11-8-9-12(10(11)2)15-13(16)6-4-5-7-14(17)18/h10-12H,3-9H2,1-2H3,(H,15,16)(H,17,18). The van der Waals surface area contributed by atoms with Crippen LogP contribution in [0.4, 0.5) is 0 Å². The minimum absolute atomic E-state index is 0.0778. The molecule has 0 heterocycles. The zero-order valence-electron chi connectivity index (χ0n) is 11.4. The van der Waals surface area contributed by atoms with E-state index in [2.05, 4.69) is 19.2 Å².